The van der Waals surface area contributed by atoms with E-state index in [1.54, 1.807) is 25.7 Å². The van der Waals surface area contributed by atoms with Crippen LogP contribution in [-0.2, 0) is 0 Å². The molecule has 1 aliphatic rings. The highest BCUT2D eigenvalue weighted by Gasteiger charge is 2.22. The Hall–Kier alpha value is -3.56. The van der Waals surface area contributed by atoms with Crippen LogP contribution in [-0.4, -0.2) is 70.5 Å². The van der Waals surface area contributed by atoms with Crippen LogP contribution in [0, 0.1) is 6.92 Å². The summed E-state index contributed by atoms with van der Waals surface area (Å²) in [5.41, 5.74) is 2.35. The summed E-state index contributed by atoms with van der Waals surface area (Å²) in [7, 11) is 3.06. The summed E-state index contributed by atoms with van der Waals surface area (Å²) in [6.07, 6.45) is 5.16. The summed E-state index contributed by atoms with van der Waals surface area (Å²) in [5, 5.41) is 8.87. The minimum atomic E-state index is 0.243. The average molecular weight is 394 g/mol. The Morgan fingerprint density at radius 1 is 0.897 bits per heavy atom. The molecule has 1 fully saturated rings. The van der Waals surface area contributed by atoms with Gasteiger partial charge >= 0.3 is 6.01 Å². The number of hydrogen-bond donors (Lipinski definition) is 0. The molecular weight excluding hydrogens is 372 g/mol. The number of aromatic nitrogens is 6. The number of piperazine rings is 1. The molecule has 0 spiro atoms. The van der Waals surface area contributed by atoms with Crippen LogP contribution < -0.4 is 19.3 Å². The van der Waals surface area contributed by atoms with Crippen molar-refractivity contribution in [2.45, 2.75) is 6.92 Å². The van der Waals surface area contributed by atoms with Crippen molar-refractivity contribution in [3.8, 4) is 23.1 Å². The van der Waals surface area contributed by atoms with Crippen molar-refractivity contribution in [3.05, 3.63) is 36.3 Å². The first-order chi connectivity index (χ1) is 14.2. The van der Waals surface area contributed by atoms with Gasteiger partial charge in [-0.15, -0.1) is 10.2 Å². The lowest BCUT2D eigenvalue weighted by Crippen LogP contribution is -2.47. The Morgan fingerprint density at radius 2 is 1.62 bits per heavy atom. The molecule has 3 aromatic rings. The van der Waals surface area contributed by atoms with Crippen molar-refractivity contribution in [1.29, 1.82) is 0 Å². The molecule has 0 aromatic carbocycles. The second kappa shape index (κ2) is 8.21. The van der Waals surface area contributed by atoms with Crippen molar-refractivity contribution in [1.82, 2.24) is 30.1 Å². The van der Waals surface area contributed by atoms with Crippen LogP contribution in [0.1, 0.15) is 5.56 Å². The van der Waals surface area contributed by atoms with Crippen molar-refractivity contribution >= 4 is 11.8 Å². The number of hydrogen-bond acceptors (Lipinski definition) is 10. The maximum absolute atomic E-state index is 5.36. The zero-order chi connectivity index (χ0) is 20.2. The van der Waals surface area contributed by atoms with Crippen LogP contribution in [0.5, 0.6) is 11.9 Å². The second-order valence-corrected chi connectivity index (χ2v) is 6.54. The average Bonchev–Trinajstić information content (AvgIpc) is 2.79. The predicted octanol–water partition coefficient (Wildman–Crippen LogP) is 1.38. The molecule has 10 heteroatoms. The maximum Gasteiger partial charge on any atom is 0.319 e. The fourth-order valence-electron chi connectivity index (χ4n) is 3.28. The van der Waals surface area contributed by atoms with Gasteiger partial charge in [-0.25, -0.2) is 15.0 Å². The van der Waals surface area contributed by atoms with E-state index in [9.17, 15) is 0 Å². The van der Waals surface area contributed by atoms with E-state index in [0.29, 0.717) is 17.1 Å². The molecule has 0 atom stereocenters. The van der Waals surface area contributed by atoms with Crippen molar-refractivity contribution in [3.63, 3.8) is 0 Å². The largest absolute Gasteiger partial charge is 0.480 e. The number of methoxy groups -OCH3 is 2. The molecule has 0 bridgehead atoms. The lowest BCUT2D eigenvalue weighted by Gasteiger charge is -2.35. The Kier molecular flexibility index (Phi) is 5.32. The standard InChI is InChI=1S/C19H22N8O2/c1-13-11-15(14-12-22-19(29-3)23-17(14)28-2)24-25-16(13)26-7-9-27(10-8-26)18-20-5-4-6-21-18/h4-6,11-12H,7-10H2,1-3H3. The highest BCUT2D eigenvalue weighted by molar-refractivity contribution is 5.66. The smallest absolute Gasteiger partial charge is 0.319 e. The fourth-order valence-corrected chi connectivity index (χ4v) is 3.28. The van der Waals surface area contributed by atoms with Crippen LogP contribution >= 0.6 is 0 Å². The van der Waals surface area contributed by atoms with Crippen molar-refractivity contribution < 1.29 is 9.47 Å². The quantitative estimate of drug-likeness (QED) is 0.630. The number of nitrogens with zero attached hydrogens (tertiary/aromatic N) is 8. The predicted molar refractivity (Wildman–Crippen MR) is 107 cm³/mol. The molecule has 0 saturated carbocycles. The fraction of sp³-hybridized carbons (Fsp3) is 0.368. The number of ether oxygens (including phenoxy) is 2. The Labute approximate surface area is 168 Å². The van der Waals surface area contributed by atoms with Gasteiger partial charge in [-0.05, 0) is 24.6 Å². The SMILES string of the molecule is COc1ncc(-c2cc(C)c(N3CCN(c4ncccn4)CC3)nn2)c(OC)n1. The zero-order valence-electron chi connectivity index (χ0n) is 16.6. The van der Waals surface area contributed by atoms with Gasteiger partial charge in [0, 0.05) is 44.8 Å². The molecule has 1 aliphatic heterocycles. The van der Waals surface area contributed by atoms with Gasteiger partial charge in [0.05, 0.1) is 19.8 Å². The highest BCUT2D eigenvalue weighted by atomic mass is 16.5. The molecule has 1 saturated heterocycles. The van der Waals surface area contributed by atoms with Gasteiger partial charge in [0.25, 0.3) is 0 Å². The Balaban J connectivity index is 1.51. The van der Waals surface area contributed by atoms with E-state index < -0.39 is 0 Å². The van der Waals surface area contributed by atoms with Crippen LogP contribution in [0.2, 0.25) is 0 Å². The van der Waals surface area contributed by atoms with Gasteiger partial charge in [0.15, 0.2) is 5.82 Å². The molecule has 0 radical (unpaired) electrons. The van der Waals surface area contributed by atoms with E-state index in [0.717, 1.165) is 43.5 Å². The summed E-state index contributed by atoms with van der Waals surface area (Å²) in [6, 6.07) is 4.04. The molecule has 10 nitrogen and oxygen atoms in total. The molecule has 29 heavy (non-hydrogen) atoms. The monoisotopic (exact) mass is 394 g/mol. The molecule has 4 heterocycles. The normalized spacial score (nSPS) is 14.0. The second-order valence-electron chi connectivity index (χ2n) is 6.54. The first-order valence-electron chi connectivity index (χ1n) is 9.26. The third kappa shape index (κ3) is 3.86. The summed E-state index contributed by atoms with van der Waals surface area (Å²) in [5.74, 6) is 2.03. The third-order valence-corrected chi connectivity index (χ3v) is 4.76. The molecule has 4 rings (SSSR count). The molecule has 0 unspecified atom stereocenters. The minimum Gasteiger partial charge on any atom is -0.480 e. The molecule has 0 amide bonds. The first-order valence-corrected chi connectivity index (χ1v) is 9.26. The zero-order valence-corrected chi connectivity index (χ0v) is 16.6. The highest BCUT2D eigenvalue weighted by Crippen LogP contribution is 2.29. The van der Waals surface area contributed by atoms with E-state index in [1.807, 2.05) is 19.1 Å². The van der Waals surface area contributed by atoms with Gasteiger partial charge in [-0.3, -0.25) is 0 Å². The number of rotatable bonds is 5. The van der Waals surface area contributed by atoms with Crippen LogP contribution in [0.15, 0.2) is 30.7 Å². The van der Waals surface area contributed by atoms with Crippen LogP contribution in [0.3, 0.4) is 0 Å². The Morgan fingerprint density at radius 3 is 2.28 bits per heavy atom. The molecule has 0 N–H and O–H groups in total. The van der Waals surface area contributed by atoms with Gasteiger partial charge in [-0.1, -0.05) is 0 Å². The first kappa shape index (κ1) is 18.8. The van der Waals surface area contributed by atoms with E-state index >= 15 is 0 Å². The van der Waals surface area contributed by atoms with Gasteiger partial charge in [0.2, 0.25) is 11.8 Å². The van der Waals surface area contributed by atoms with Gasteiger partial charge < -0.3 is 19.3 Å². The van der Waals surface area contributed by atoms with E-state index in [-0.39, 0.29) is 6.01 Å². The van der Waals surface area contributed by atoms with E-state index in [2.05, 4.69) is 39.9 Å². The summed E-state index contributed by atoms with van der Waals surface area (Å²) in [4.78, 5) is 21.4. The molecular formula is C19H22N8O2. The molecule has 3 aromatic heterocycles. The maximum atomic E-state index is 5.36. The Bertz CT molecular complexity index is 977. The van der Waals surface area contributed by atoms with Gasteiger partial charge in [-0.2, -0.15) is 4.98 Å². The summed E-state index contributed by atoms with van der Waals surface area (Å²) >= 11 is 0. The number of aryl methyl sites for hydroxylation is 1. The van der Waals surface area contributed by atoms with E-state index in [1.165, 1.54) is 7.11 Å². The third-order valence-electron chi connectivity index (χ3n) is 4.76. The molecule has 150 valence electrons. The summed E-state index contributed by atoms with van der Waals surface area (Å²) < 4.78 is 10.4. The van der Waals surface area contributed by atoms with Crippen LogP contribution in [0.4, 0.5) is 11.8 Å². The topological polar surface area (TPSA) is 102 Å². The summed E-state index contributed by atoms with van der Waals surface area (Å²) in [6.45, 7) is 5.32. The lowest BCUT2D eigenvalue weighted by molar-refractivity contribution is 0.353. The molecule has 0 aliphatic carbocycles. The van der Waals surface area contributed by atoms with E-state index in [4.69, 9.17) is 9.47 Å². The lowest BCUT2D eigenvalue weighted by atomic mass is 10.1. The number of anilines is 2. The van der Waals surface area contributed by atoms with Crippen LogP contribution in [0.25, 0.3) is 11.3 Å². The van der Waals surface area contributed by atoms with Gasteiger partial charge in [0.1, 0.15) is 5.69 Å². The van der Waals surface area contributed by atoms with Crippen molar-refractivity contribution in [2.24, 2.45) is 0 Å². The van der Waals surface area contributed by atoms with Crippen molar-refractivity contribution in [2.75, 3.05) is 50.2 Å². The minimum absolute atomic E-state index is 0.243.